The summed E-state index contributed by atoms with van der Waals surface area (Å²) in [4.78, 5) is 4.98. The van der Waals surface area contributed by atoms with Crippen LogP contribution < -0.4 is 0 Å². The number of fused-ring (bicyclic) bond motifs is 3. The fraction of sp³-hybridized carbons (Fsp3) is 0. The number of nitriles is 1. The highest BCUT2D eigenvalue weighted by molar-refractivity contribution is 6.54. The Balaban J connectivity index is 1.46. The van der Waals surface area contributed by atoms with Gasteiger partial charge in [0.15, 0.2) is 0 Å². The van der Waals surface area contributed by atoms with Gasteiger partial charge in [-0.2, -0.15) is 5.26 Å². The quantitative estimate of drug-likeness (QED) is 0.267. The molecule has 0 radical (unpaired) electrons. The van der Waals surface area contributed by atoms with Gasteiger partial charge in [-0.15, -0.1) is 0 Å². The molecular weight excluding hydrogens is 478 g/mol. The standard InChI is InChI=1S/C32H18F2N4/c33-26-14-22(15-27(34)25(26)17-35)19-8-6-18(7-9-19)21-10-11-23-29(16-21)38-32(20-4-2-1-3-5-20)24-12-13-28(36)31(37)30(23)24/h1-16,36-37H. The van der Waals surface area contributed by atoms with Crippen molar-refractivity contribution in [3.05, 3.63) is 119 Å². The van der Waals surface area contributed by atoms with E-state index in [1.54, 1.807) is 24.3 Å². The molecule has 180 valence electrons. The summed E-state index contributed by atoms with van der Waals surface area (Å²) in [6, 6.07) is 26.7. The fourth-order valence-corrected chi connectivity index (χ4v) is 4.79. The Morgan fingerprint density at radius 2 is 1.32 bits per heavy atom. The van der Waals surface area contributed by atoms with Crippen molar-refractivity contribution in [2.45, 2.75) is 0 Å². The number of rotatable bonds is 3. The van der Waals surface area contributed by atoms with E-state index in [-0.39, 0.29) is 11.4 Å². The molecule has 2 N–H and O–H groups in total. The van der Waals surface area contributed by atoms with Gasteiger partial charge in [-0.1, -0.05) is 66.7 Å². The van der Waals surface area contributed by atoms with E-state index in [0.717, 1.165) is 45.5 Å². The van der Waals surface area contributed by atoms with Crippen LogP contribution in [0.4, 0.5) is 8.78 Å². The number of pyridine rings is 1. The Kier molecular flexibility index (Phi) is 5.47. The molecule has 6 rings (SSSR count). The van der Waals surface area contributed by atoms with Crippen molar-refractivity contribution in [3.8, 4) is 39.6 Å². The third kappa shape index (κ3) is 3.78. The summed E-state index contributed by atoms with van der Waals surface area (Å²) in [5.41, 5.74) is 6.34. The van der Waals surface area contributed by atoms with E-state index in [1.807, 2.05) is 66.7 Å². The predicted octanol–water partition coefficient (Wildman–Crippen LogP) is 7.80. The van der Waals surface area contributed by atoms with Gasteiger partial charge >= 0.3 is 0 Å². The molecule has 0 unspecified atom stereocenters. The van der Waals surface area contributed by atoms with Gasteiger partial charge in [0.25, 0.3) is 0 Å². The Bertz CT molecular complexity index is 1840. The number of hydrogen-bond acceptors (Lipinski definition) is 4. The predicted molar refractivity (Wildman–Crippen MR) is 146 cm³/mol. The van der Waals surface area contributed by atoms with Crippen molar-refractivity contribution >= 4 is 28.4 Å². The van der Waals surface area contributed by atoms with Crippen LogP contribution in [0.25, 0.3) is 50.5 Å². The molecule has 38 heavy (non-hydrogen) atoms. The molecule has 1 aliphatic rings. The maximum atomic E-state index is 14.1. The molecule has 0 fully saturated rings. The van der Waals surface area contributed by atoms with Gasteiger partial charge in [-0.25, -0.2) is 13.8 Å². The third-order valence-corrected chi connectivity index (χ3v) is 6.71. The Hall–Kier alpha value is -5.28. The van der Waals surface area contributed by atoms with E-state index in [1.165, 1.54) is 0 Å². The summed E-state index contributed by atoms with van der Waals surface area (Å²) in [6.07, 6.45) is 3.48. The van der Waals surface area contributed by atoms with Crippen molar-refractivity contribution in [1.82, 2.24) is 4.98 Å². The molecule has 0 spiro atoms. The summed E-state index contributed by atoms with van der Waals surface area (Å²) in [7, 11) is 0. The highest BCUT2D eigenvalue weighted by atomic mass is 19.1. The van der Waals surface area contributed by atoms with Crippen LogP contribution >= 0.6 is 0 Å². The summed E-state index contributed by atoms with van der Waals surface area (Å²) < 4.78 is 28.2. The normalized spacial score (nSPS) is 12.4. The topological polar surface area (TPSA) is 84.4 Å². The zero-order valence-electron chi connectivity index (χ0n) is 19.9. The van der Waals surface area contributed by atoms with Gasteiger partial charge in [-0.3, -0.25) is 10.8 Å². The van der Waals surface area contributed by atoms with Gasteiger partial charge in [-0.05, 0) is 52.6 Å². The Labute approximate surface area is 217 Å². The first-order valence-electron chi connectivity index (χ1n) is 11.8. The lowest BCUT2D eigenvalue weighted by molar-refractivity contribution is 0.577. The molecule has 6 heteroatoms. The average Bonchev–Trinajstić information content (AvgIpc) is 2.94. The molecule has 0 bridgehead atoms. The molecular formula is C32H18F2N4. The number of allylic oxidation sites excluding steroid dienone is 1. The molecule has 0 atom stereocenters. The second kappa shape index (κ2) is 8.99. The van der Waals surface area contributed by atoms with Crippen LogP contribution in [-0.4, -0.2) is 16.4 Å². The molecule has 1 aliphatic carbocycles. The first-order chi connectivity index (χ1) is 18.4. The fourth-order valence-electron chi connectivity index (χ4n) is 4.79. The van der Waals surface area contributed by atoms with E-state index in [9.17, 15) is 8.78 Å². The summed E-state index contributed by atoms with van der Waals surface area (Å²) >= 11 is 0. The van der Waals surface area contributed by atoms with E-state index < -0.39 is 17.2 Å². The van der Waals surface area contributed by atoms with Crippen LogP contribution in [-0.2, 0) is 0 Å². The van der Waals surface area contributed by atoms with Gasteiger partial charge in [0.2, 0.25) is 0 Å². The van der Waals surface area contributed by atoms with Crippen LogP contribution in [0.1, 0.15) is 16.7 Å². The van der Waals surface area contributed by atoms with Gasteiger partial charge in [0.05, 0.1) is 22.6 Å². The summed E-state index contributed by atoms with van der Waals surface area (Å²) in [5, 5.41) is 26.5. The number of nitrogens with one attached hydrogen (secondary N) is 2. The molecule has 4 aromatic carbocycles. The van der Waals surface area contributed by atoms with Crippen LogP contribution in [0.15, 0.2) is 91.0 Å². The van der Waals surface area contributed by atoms with Crippen molar-refractivity contribution in [1.29, 1.82) is 16.1 Å². The summed E-state index contributed by atoms with van der Waals surface area (Å²) in [5.74, 6) is -1.78. The van der Waals surface area contributed by atoms with Crippen LogP contribution in [0.5, 0.6) is 0 Å². The summed E-state index contributed by atoms with van der Waals surface area (Å²) in [6.45, 7) is 0. The van der Waals surface area contributed by atoms with Crippen LogP contribution in [0.3, 0.4) is 0 Å². The van der Waals surface area contributed by atoms with Crippen LogP contribution in [0, 0.1) is 33.8 Å². The monoisotopic (exact) mass is 496 g/mol. The van der Waals surface area contributed by atoms with Gasteiger partial charge in [0, 0.05) is 22.1 Å². The van der Waals surface area contributed by atoms with Crippen molar-refractivity contribution in [2.75, 3.05) is 0 Å². The minimum Gasteiger partial charge on any atom is -0.299 e. The van der Waals surface area contributed by atoms with E-state index in [4.69, 9.17) is 21.1 Å². The number of aromatic nitrogens is 1. The van der Waals surface area contributed by atoms with Crippen LogP contribution in [0.2, 0.25) is 0 Å². The Morgan fingerprint density at radius 3 is 1.97 bits per heavy atom. The molecule has 0 aliphatic heterocycles. The maximum Gasteiger partial charge on any atom is 0.144 e. The van der Waals surface area contributed by atoms with E-state index in [2.05, 4.69) is 0 Å². The third-order valence-electron chi connectivity index (χ3n) is 6.71. The number of halogens is 2. The molecule has 0 amide bonds. The largest absolute Gasteiger partial charge is 0.299 e. The zero-order valence-corrected chi connectivity index (χ0v) is 19.9. The Morgan fingerprint density at radius 1 is 0.684 bits per heavy atom. The van der Waals surface area contributed by atoms with Crippen molar-refractivity contribution < 1.29 is 8.78 Å². The van der Waals surface area contributed by atoms with Gasteiger partial charge in [0.1, 0.15) is 23.3 Å². The number of nitrogens with zero attached hydrogens (tertiary/aromatic N) is 2. The molecule has 5 aromatic rings. The van der Waals surface area contributed by atoms with E-state index in [0.29, 0.717) is 22.2 Å². The highest BCUT2D eigenvalue weighted by Gasteiger charge is 2.23. The lowest BCUT2D eigenvalue weighted by atomic mass is 9.87. The molecule has 0 saturated carbocycles. The molecule has 4 nitrogen and oxygen atoms in total. The minimum absolute atomic E-state index is 0.152. The van der Waals surface area contributed by atoms with Gasteiger partial charge < -0.3 is 0 Å². The number of hydrogen-bond donors (Lipinski definition) is 2. The SMILES string of the molecule is N#Cc1c(F)cc(-c2ccc(-c3ccc4c5c(c(-c6ccccc6)nc4c3)C=CC(=N)C5=N)cc2)cc1F. The second-order valence-electron chi connectivity index (χ2n) is 8.97. The molecule has 1 heterocycles. The second-order valence-corrected chi connectivity index (χ2v) is 8.97. The zero-order chi connectivity index (χ0) is 26.4. The first kappa shape index (κ1) is 23.1. The molecule has 0 saturated heterocycles. The lowest BCUT2D eigenvalue weighted by Crippen LogP contribution is -2.17. The lowest BCUT2D eigenvalue weighted by Gasteiger charge is -2.19. The highest BCUT2D eigenvalue weighted by Crippen LogP contribution is 2.36. The van der Waals surface area contributed by atoms with E-state index >= 15 is 0 Å². The average molecular weight is 497 g/mol. The minimum atomic E-state index is -0.891. The number of benzene rings is 4. The first-order valence-corrected chi connectivity index (χ1v) is 11.8. The maximum absolute atomic E-state index is 14.1. The van der Waals surface area contributed by atoms with Crippen molar-refractivity contribution in [2.24, 2.45) is 0 Å². The van der Waals surface area contributed by atoms with Crippen molar-refractivity contribution in [3.63, 3.8) is 0 Å². The smallest absolute Gasteiger partial charge is 0.144 e. The molecule has 1 aromatic heterocycles.